The molecule has 1 rings (SSSR count). The molecule has 0 saturated carbocycles. The lowest BCUT2D eigenvalue weighted by Crippen LogP contribution is -2.22. The summed E-state index contributed by atoms with van der Waals surface area (Å²) in [6, 6.07) is 3.74. The summed E-state index contributed by atoms with van der Waals surface area (Å²) in [5.41, 5.74) is 0.915. The maximum absolute atomic E-state index is 9.00. The zero-order chi connectivity index (χ0) is 10.4. The number of anilines is 1. The van der Waals surface area contributed by atoms with Crippen LogP contribution in [0.3, 0.4) is 0 Å². The molecular formula is C10H16N2O2. The number of hydrogen-bond donors (Lipinski definition) is 2. The molecule has 0 aromatic carbocycles. The molecule has 1 heterocycles. The Bertz CT molecular complexity index is 275. The minimum atomic E-state index is 0.0853. The second-order valence-electron chi connectivity index (χ2n) is 3.02. The quantitative estimate of drug-likeness (QED) is 0.744. The fourth-order valence-electron chi connectivity index (χ4n) is 1.12. The summed E-state index contributed by atoms with van der Waals surface area (Å²) in [6.07, 6.45) is 2.55. The van der Waals surface area contributed by atoms with Gasteiger partial charge in [-0.3, -0.25) is 0 Å². The van der Waals surface area contributed by atoms with Crippen molar-refractivity contribution >= 4 is 5.69 Å². The number of hydrogen-bond acceptors (Lipinski definition) is 4. The van der Waals surface area contributed by atoms with Gasteiger partial charge in [0.15, 0.2) is 0 Å². The van der Waals surface area contributed by atoms with Gasteiger partial charge in [-0.1, -0.05) is 6.92 Å². The molecule has 1 aromatic heterocycles. The Morgan fingerprint density at radius 3 is 3.00 bits per heavy atom. The monoisotopic (exact) mass is 196 g/mol. The molecule has 4 heteroatoms. The Balaban J connectivity index is 2.65. The third-order valence-corrected chi connectivity index (χ3v) is 2.03. The van der Waals surface area contributed by atoms with E-state index in [1.807, 2.05) is 13.0 Å². The summed E-state index contributed by atoms with van der Waals surface area (Å²) in [4.78, 5) is 3.99. The van der Waals surface area contributed by atoms with Crippen molar-refractivity contribution in [3.8, 4) is 5.88 Å². The smallest absolute Gasteiger partial charge is 0.214 e. The van der Waals surface area contributed by atoms with E-state index in [1.165, 1.54) is 0 Å². The molecule has 1 atom stereocenters. The van der Waals surface area contributed by atoms with Gasteiger partial charge in [0.25, 0.3) is 0 Å². The standard InChI is InChI=1S/C10H16N2O2/c1-3-8(7-13)12-9-4-5-11-10(6-9)14-2/h4-6,8,13H,3,7H2,1-2H3,(H,11,12). The Labute approximate surface area is 83.9 Å². The Kier molecular flexibility index (Phi) is 4.19. The van der Waals surface area contributed by atoms with Gasteiger partial charge in [0.05, 0.1) is 13.7 Å². The first-order valence-corrected chi connectivity index (χ1v) is 4.67. The lowest BCUT2D eigenvalue weighted by Gasteiger charge is -2.15. The van der Waals surface area contributed by atoms with Crippen LogP contribution in [-0.2, 0) is 0 Å². The van der Waals surface area contributed by atoms with Crippen molar-refractivity contribution in [2.45, 2.75) is 19.4 Å². The van der Waals surface area contributed by atoms with Crippen molar-refractivity contribution in [1.82, 2.24) is 4.98 Å². The summed E-state index contributed by atoms with van der Waals surface area (Å²) in [6.45, 7) is 2.15. The lowest BCUT2D eigenvalue weighted by molar-refractivity contribution is 0.272. The van der Waals surface area contributed by atoms with Crippen molar-refractivity contribution < 1.29 is 9.84 Å². The van der Waals surface area contributed by atoms with Gasteiger partial charge in [-0.15, -0.1) is 0 Å². The molecule has 4 nitrogen and oxygen atoms in total. The van der Waals surface area contributed by atoms with Crippen molar-refractivity contribution in [2.75, 3.05) is 19.0 Å². The molecule has 0 radical (unpaired) electrons. The van der Waals surface area contributed by atoms with E-state index in [0.29, 0.717) is 5.88 Å². The third-order valence-electron chi connectivity index (χ3n) is 2.03. The predicted octanol–water partition coefficient (Wildman–Crippen LogP) is 1.27. The van der Waals surface area contributed by atoms with Crippen LogP contribution < -0.4 is 10.1 Å². The molecule has 0 amide bonds. The zero-order valence-electron chi connectivity index (χ0n) is 8.53. The van der Waals surface area contributed by atoms with Crippen LogP contribution >= 0.6 is 0 Å². The predicted molar refractivity (Wildman–Crippen MR) is 55.6 cm³/mol. The summed E-state index contributed by atoms with van der Waals surface area (Å²) in [5, 5.41) is 12.2. The van der Waals surface area contributed by atoms with E-state index in [2.05, 4.69) is 10.3 Å². The van der Waals surface area contributed by atoms with Gasteiger partial charge in [0.2, 0.25) is 5.88 Å². The second kappa shape index (κ2) is 5.44. The van der Waals surface area contributed by atoms with Gasteiger partial charge in [-0.05, 0) is 12.5 Å². The van der Waals surface area contributed by atoms with Gasteiger partial charge >= 0.3 is 0 Å². The fraction of sp³-hybridized carbons (Fsp3) is 0.500. The van der Waals surface area contributed by atoms with Crippen LogP contribution in [0, 0.1) is 0 Å². The first-order valence-electron chi connectivity index (χ1n) is 4.67. The van der Waals surface area contributed by atoms with E-state index in [4.69, 9.17) is 9.84 Å². The first kappa shape index (κ1) is 10.8. The Morgan fingerprint density at radius 1 is 1.64 bits per heavy atom. The van der Waals surface area contributed by atoms with E-state index in [9.17, 15) is 0 Å². The number of aliphatic hydroxyl groups is 1. The minimum Gasteiger partial charge on any atom is -0.481 e. The van der Waals surface area contributed by atoms with E-state index < -0.39 is 0 Å². The van der Waals surface area contributed by atoms with Crippen molar-refractivity contribution in [3.63, 3.8) is 0 Å². The van der Waals surface area contributed by atoms with Gasteiger partial charge in [-0.25, -0.2) is 4.98 Å². The van der Waals surface area contributed by atoms with Crippen LogP contribution in [0.1, 0.15) is 13.3 Å². The Morgan fingerprint density at radius 2 is 2.43 bits per heavy atom. The Hall–Kier alpha value is -1.29. The van der Waals surface area contributed by atoms with Crippen LogP contribution in [0.15, 0.2) is 18.3 Å². The van der Waals surface area contributed by atoms with Crippen LogP contribution in [0.25, 0.3) is 0 Å². The number of rotatable bonds is 5. The number of nitrogens with zero attached hydrogens (tertiary/aromatic N) is 1. The maximum atomic E-state index is 9.00. The first-order chi connectivity index (χ1) is 6.80. The molecule has 0 aliphatic carbocycles. The van der Waals surface area contributed by atoms with Crippen LogP contribution in [-0.4, -0.2) is 29.8 Å². The molecule has 0 aliphatic rings. The number of aliphatic hydroxyl groups excluding tert-OH is 1. The minimum absolute atomic E-state index is 0.0853. The molecule has 0 saturated heterocycles. The van der Waals surface area contributed by atoms with Gasteiger partial charge in [0.1, 0.15) is 0 Å². The molecule has 0 spiro atoms. The molecule has 0 bridgehead atoms. The van der Waals surface area contributed by atoms with Crippen molar-refractivity contribution in [3.05, 3.63) is 18.3 Å². The van der Waals surface area contributed by atoms with Gasteiger partial charge < -0.3 is 15.2 Å². The molecule has 78 valence electrons. The van der Waals surface area contributed by atoms with Crippen molar-refractivity contribution in [1.29, 1.82) is 0 Å². The highest BCUT2D eigenvalue weighted by molar-refractivity contribution is 5.45. The fourth-order valence-corrected chi connectivity index (χ4v) is 1.12. The van der Waals surface area contributed by atoms with Crippen LogP contribution in [0.5, 0.6) is 5.88 Å². The maximum Gasteiger partial charge on any atom is 0.214 e. The number of aromatic nitrogens is 1. The van der Waals surface area contributed by atoms with Gasteiger partial charge in [-0.2, -0.15) is 0 Å². The summed E-state index contributed by atoms with van der Waals surface area (Å²) >= 11 is 0. The number of methoxy groups -OCH3 is 1. The van der Waals surface area contributed by atoms with Crippen LogP contribution in [0.2, 0.25) is 0 Å². The average Bonchev–Trinajstić information content (AvgIpc) is 2.26. The number of ether oxygens (including phenoxy) is 1. The summed E-state index contributed by atoms with van der Waals surface area (Å²) in [7, 11) is 1.58. The number of pyridine rings is 1. The SMILES string of the molecule is CCC(CO)Nc1ccnc(OC)c1. The molecule has 2 N–H and O–H groups in total. The average molecular weight is 196 g/mol. The molecular weight excluding hydrogens is 180 g/mol. The second-order valence-corrected chi connectivity index (χ2v) is 3.02. The normalized spacial score (nSPS) is 12.2. The van der Waals surface area contributed by atoms with E-state index in [-0.39, 0.29) is 12.6 Å². The summed E-state index contributed by atoms with van der Waals surface area (Å²) < 4.78 is 4.99. The van der Waals surface area contributed by atoms with Gasteiger partial charge in [0, 0.05) is 24.0 Å². The van der Waals surface area contributed by atoms with E-state index in [0.717, 1.165) is 12.1 Å². The summed E-state index contributed by atoms with van der Waals surface area (Å²) in [5.74, 6) is 0.572. The molecule has 1 aromatic rings. The molecule has 14 heavy (non-hydrogen) atoms. The molecule has 1 unspecified atom stereocenters. The highest BCUT2D eigenvalue weighted by Crippen LogP contribution is 2.14. The molecule has 0 aliphatic heterocycles. The van der Waals surface area contributed by atoms with E-state index >= 15 is 0 Å². The highest BCUT2D eigenvalue weighted by atomic mass is 16.5. The third kappa shape index (κ3) is 2.88. The molecule has 0 fully saturated rings. The van der Waals surface area contributed by atoms with Crippen molar-refractivity contribution in [2.24, 2.45) is 0 Å². The number of nitrogens with one attached hydrogen (secondary N) is 1. The zero-order valence-corrected chi connectivity index (χ0v) is 8.53. The largest absolute Gasteiger partial charge is 0.481 e. The topological polar surface area (TPSA) is 54.4 Å². The lowest BCUT2D eigenvalue weighted by atomic mass is 10.2. The van der Waals surface area contributed by atoms with E-state index in [1.54, 1.807) is 19.4 Å². The van der Waals surface area contributed by atoms with Crippen LogP contribution in [0.4, 0.5) is 5.69 Å². The highest BCUT2D eigenvalue weighted by Gasteiger charge is 2.04.